The number of rotatable bonds is 12. The molecule has 3 heterocycles. The summed E-state index contributed by atoms with van der Waals surface area (Å²) < 4.78 is 29.0. The summed E-state index contributed by atoms with van der Waals surface area (Å²) >= 11 is 12.4. The SMILES string of the molecule is Cc1nc(NCCCS(C)(=O)=O)c(NCc2ncc(-c3cc(Cl)ccc3Cl)o2)c(Nc2ccncc2C(=O)O)n1. The van der Waals surface area contributed by atoms with Crippen molar-refractivity contribution < 1.29 is 22.7 Å². The van der Waals surface area contributed by atoms with Crippen molar-refractivity contribution in [2.24, 2.45) is 0 Å². The Morgan fingerprint density at radius 1 is 1.10 bits per heavy atom. The van der Waals surface area contributed by atoms with Gasteiger partial charge in [-0.15, -0.1) is 0 Å². The third kappa shape index (κ3) is 7.58. The molecule has 0 aliphatic carbocycles. The van der Waals surface area contributed by atoms with Crippen LogP contribution in [-0.2, 0) is 16.4 Å². The zero-order valence-electron chi connectivity index (χ0n) is 21.4. The Bertz CT molecular complexity index is 1650. The molecule has 210 valence electrons. The van der Waals surface area contributed by atoms with Crippen LogP contribution in [0.2, 0.25) is 10.0 Å². The molecule has 0 spiro atoms. The normalized spacial score (nSPS) is 11.3. The maximum Gasteiger partial charge on any atom is 0.339 e. The van der Waals surface area contributed by atoms with Crippen LogP contribution in [-0.4, -0.2) is 58.0 Å². The second-order valence-corrected chi connectivity index (χ2v) is 11.8. The lowest BCUT2D eigenvalue weighted by molar-refractivity contribution is 0.0697. The standard InChI is InChI=1S/C25H25Cl2N7O5S/c1-14-32-23(29-7-3-9-40(2,37)38)22(24(33-14)34-19-6-8-28-11-17(19)25(35)36)31-13-21-30-12-20(39-21)16-10-15(26)4-5-18(16)27/h4-6,8,10-12,31H,3,7,9,13H2,1-2H3,(H,35,36)(H2,28,29,32,33,34). The molecule has 3 aromatic heterocycles. The average molecular weight is 606 g/mol. The van der Waals surface area contributed by atoms with Gasteiger partial charge >= 0.3 is 5.97 Å². The summed E-state index contributed by atoms with van der Waals surface area (Å²) in [5.41, 5.74) is 1.18. The number of nitrogens with zero attached hydrogens (tertiary/aromatic N) is 4. The Kier molecular flexibility index (Phi) is 9.07. The number of carboxylic acids is 1. The minimum atomic E-state index is -3.13. The van der Waals surface area contributed by atoms with E-state index in [1.807, 2.05) is 0 Å². The van der Waals surface area contributed by atoms with E-state index < -0.39 is 15.8 Å². The molecule has 0 unspecified atom stereocenters. The van der Waals surface area contributed by atoms with Gasteiger partial charge < -0.3 is 25.5 Å². The number of benzene rings is 1. The Morgan fingerprint density at radius 2 is 1.88 bits per heavy atom. The van der Waals surface area contributed by atoms with Crippen LogP contribution in [0.25, 0.3) is 11.3 Å². The highest BCUT2D eigenvalue weighted by Gasteiger charge is 2.18. The number of aromatic carboxylic acids is 1. The van der Waals surface area contributed by atoms with Gasteiger partial charge in [0.25, 0.3) is 0 Å². The monoisotopic (exact) mass is 605 g/mol. The van der Waals surface area contributed by atoms with Gasteiger partial charge in [-0.25, -0.2) is 28.2 Å². The molecule has 1 aromatic carbocycles. The molecular weight excluding hydrogens is 581 g/mol. The minimum absolute atomic E-state index is 0.00206. The van der Waals surface area contributed by atoms with Gasteiger partial charge in [-0.3, -0.25) is 4.98 Å². The number of aryl methyl sites for hydroxylation is 1. The molecule has 15 heteroatoms. The molecule has 0 amide bonds. The molecule has 0 saturated carbocycles. The number of sulfone groups is 1. The van der Waals surface area contributed by atoms with Gasteiger partial charge in [-0.2, -0.15) is 0 Å². The van der Waals surface area contributed by atoms with Crippen molar-refractivity contribution in [3.8, 4) is 11.3 Å². The summed E-state index contributed by atoms with van der Waals surface area (Å²) in [5.74, 6) is 0.610. The third-order valence-corrected chi connectivity index (χ3v) is 7.07. The van der Waals surface area contributed by atoms with E-state index >= 15 is 0 Å². The largest absolute Gasteiger partial charge is 0.478 e. The molecule has 40 heavy (non-hydrogen) atoms. The van der Waals surface area contributed by atoms with Crippen LogP contribution < -0.4 is 16.0 Å². The second kappa shape index (κ2) is 12.5. The fourth-order valence-corrected chi connectivity index (χ4v) is 4.72. The van der Waals surface area contributed by atoms with Crippen LogP contribution in [0.15, 0.2) is 47.3 Å². The maximum absolute atomic E-state index is 11.7. The Hall–Kier alpha value is -3.94. The van der Waals surface area contributed by atoms with Gasteiger partial charge in [0.05, 0.1) is 29.2 Å². The first kappa shape index (κ1) is 29.1. The van der Waals surface area contributed by atoms with E-state index in [-0.39, 0.29) is 29.4 Å². The first-order valence-electron chi connectivity index (χ1n) is 11.9. The van der Waals surface area contributed by atoms with Crippen molar-refractivity contribution in [2.45, 2.75) is 19.9 Å². The number of hydrogen-bond acceptors (Lipinski definition) is 11. The van der Waals surface area contributed by atoms with E-state index in [2.05, 4.69) is 35.9 Å². The van der Waals surface area contributed by atoms with Crippen molar-refractivity contribution in [1.29, 1.82) is 0 Å². The summed E-state index contributed by atoms with van der Waals surface area (Å²) in [5, 5.41) is 19.9. The van der Waals surface area contributed by atoms with Gasteiger partial charge in [0, 0.05) is 35.8 Å². The molecule has 0 atom stereocenters. The van der Waals surface area contributed by atoms with Crippen LogP contribution in [0.1, 0.15) is 28.5 Å². The number of anilines is 4. The summed E-state index contributed by atoms with van der Waals surface area (Å²) in [6.07, 6.45) is 5.73. The van der Waals surface area contributed by atoms with Crippen LogP contribution in [0.5, 0.6) is 0 Å². The van der Waals surface area contributed by atoms with E-state index in [1.165, 1.54) is 30.9 Å². The Morgan fingerprint density at radius 3 is 2.62 bits per heavy atom. The molecule has 0 radical (unpaired) electrons. The van der Waals surface area contributed by atoms with E-state index in [4.69, 9.17) is 27.6 Å². The summed E-state index contributed by atoms with van der Waals surface area (Å²) in [6, 6.07) is 6.51. The van der Waals surface area contributed by atoms with Crippen molar-refractivity contribution in [3.63, 3.8) is 0 Å². The average Bonchev–Trinajstić information content (AvgIpc) is 3.36. The molecule has 0 saturated heterocycles. The van der Waals surface area contributed by atoms with Crippen LogP contribution in [0.4, 0.5) is 23.0 Å². The van der Waals surface area contributed by atoms with Crippen molar-refractivity contribution in [1.82, 2.24) is 19.9 Å². The zero-order chi connectivity index (χ0) is 28.9. The Labute approximate surface area is 240 Å². The number of halogens is 2. The van der Waals surface area contributed by atoms with Gasteiger partial charge in [-0.05, 0) is 37.6 Å². The van der Waals surface area contributed by atoms with E-state index in [1.54, 1.807) is 25.1 Å². The van der Waals surface area contributed by atoms with Crippen molar-refractivity contribution >= 4 is 62.0 Å². The maximum atomic E-state index is 11.7. The molecule has 0 aliphatic heterocycles. The Balaban J connectivity index is 1.64. The highest BCUT2D eigenvalue weighted by atomic mass is 35.5. The molecule has 0 aliphatic rings. The second-order valence-electron chi connectivity index (χ2n) is 8.70. The van der Waals surface area contributed by atoms with Gasteiger partial charge in [-0.1, -0.05) is 23.2 Å². The smallest absolute Gasteiger partial charge is 0.339 e. The number of nitrogens with one attached hydrogen (secondary N) is 3. The highest BCUT2D eigenvalue weighted by Crippen LogP contribution is 2.33. The highest BCUT2D eigenvalue weighted by molar-refractivity contribution is 7.90. The number of oxazole rings is 1. The first-order valence-corrected chi connectivity index (χ1v) is 14.7. The molecule has 4 rings (SSSR count). The lowest BCUT2D eigenvalue weighted by atomic mass is 10.2. The molecule has 0 bridgehead atoms. The predicted molar refractivity (Wildman–Crippen MR) is 153 cm³/mol. The zero-order valence-corrected chi connectivity index (χ0v) is 23.7. The van der Waals surface area contributed by atoms with Crippen LogP contribution in [0.3, 0.4) is 0 Å². The molecular formula is C25H25Cl2N7O5S. The lowest BCUT2D eigenvalue weighted by Gasteiger charge is -2.18. The van der Waals surface area contributed by atoms with E-state index in [9.17, 15) is 18.3 Å². The lowest BCUT2D eigenvalue weighted by Crippen LogP contribution is -2.15. The number of carboxylic acid groups (broad SMARTS) is 1. The fourth-order valence-electron chi connectivity index (χ4n) is 3.67. The van der Waals surface area contributed by atoms with E-state index in [0.29, 0.717) is 57.6 Å². The van der Waals surface area contributed by atoms with Gasteiger partial charge in [0.2, 0.25) is 5.89 Å². The van der Waals surface area contributed by atoms with Crippen molar-refractivity contribution in [3.05, 3.63) is 70.2 Å². The third-order valence-electron chi connectivity index (χ3n) is 5.47. The molecule has 4 N–H and O–H groups in total. The fraction of sp³-hybridized carbons (Fsp3) is 0.240. The van der Waals surface area contributed by atoms with Crippen LogP contribution in [0, 0.1) is 6.92 Å². The topological polar surface area (TPSA) is 172 Å². The minimum Gasteiger partial charge on any atom is -0.478 e. The summed E-state index contributed by atoms with van der Waals surface area (Å²) in [6.45, 7) is 2.08. The van der Waals surface area contributed by atoms with Crippen LogP contribution >= 0.6 is 23.2 Å². The summed E-state index contributed by atoms with van der Waals surface area (Å²) in [4.78, 5) is 28.9. The quantitative estimate of drug-likeness (QED) is 0.159. The predicted octanol–water partition coefficient (Wildman–Crippen LogP) is 5.04. The van der Waals surface area contributed by atoms with Gasteiger partial charge in [0.1, 0.15) is 26.9 Å². The molecule has 12 nitrogen and oxygen atoms in total. The summed E-state index contributed by atoms with van der Waals surface area (Å²) in [7, 11) is -3.13. The number of hydrogen-bond donors (Lipinski definition) is 4. The van der Waals surface area contributed by atoms with Gasteiger partial charge in [0.15, 0.2) is 17.4 Å². The number of aromatic nitrogens is 4. The molecule has 4 aromatic rings. The molecule has 0 fully saturated rings. The first-order chi connectivity index (χ1) is 19.0. The number of pyridine rings is 1. The number of carbonyl (C=O) groups is 1. The van der Waals surface area contributed by atoms with E-state index in [0.717, 1.165) is 0 Å². The van der Waals surface area contributed by atoms with Crippen molar-refractivity contribution in [2.75, 3.05) is 34.5 Å².